The van der Waals surface area contributed by atoms with Crippen molar-refractivity contribution in [3.63, 3.8) is 0 Å². The molecule has 0 bridgehead atoms. The predicted octanol–water partition coefficient (Wildman–Crippen LogP) is 0.796. The highest BCUT2D eigenvalue weighted by Gasteiger charge is 2.37. The van der Waals surface area contributed by atoms with Crippen molar-refractivity contribution in [2.24, 2.45) is 0 Å². The molecular weight excluding hydrogens is 274 g/mol. The van der Waals surface area contributed by atoms with Gasteiger partial charge in [-0.15, -0.1) is 5.10 Å². The van der Waals surface area contributed by atoms with Crippen LogP contribution in [0.3, 0.4) is 0 Å². The fourth-order valence-corrected chi connectivity index (χ4v) is 2.11. The van der Waals surface area contributed by atoms with E-state index in [-0.39, 0.29) is 12.5 Å². The molecule has 20 heavy (non-hydrogen) atoms. The van der Waals surface area contributed by atoms with E-state index >= 15 is 0 Å². The van der Waals surface area contributed by atoms with Gasteiger partial charge < -0.3 is 9.64 Å². The average Bonchev–Trinajstić information content (AvgIpc) is 2.95. The molecule has 2 heterocycles. The van der Waals surface area contributed by atoms with Crippen molar-refractivity contribution in [3.05, 3.63) is 11.4 Å². The molecule has 1 aromatic heterocycles. The lowest BCUT2D eigenvalue weighted by molar-refractivity contribution is -0.129. The maximum atomic E-state index is 13.2. The van der Waals surface area contributed by atoms with Crippen LogP contribution in [-0.4, -0.2) is 52.0 Å². The topological polar surface area (TPSA) is 77.3 Å². The van der Waals surface area contributed by atoms with Crippen molar-refractivity contribution in [3.8, 4) is 0 Å². The molecule has 1 aromatic rings. The largest absolute Gasteiger partial charge is 0.461 e. The van der Waals surface area contributed by atoms with Gasteiger partial charge in [-0.05, 0) is 13.3 Å². The van der Waals surface area contributed by atoms with Crippen LogP contribution in [0.2, 0.25) is 0 Å². The summed E-state index contributed by atoms with van der Waals surface area (Å²) < 4.78 is 31.8. The number of halogens is 2. The van der Waals surface area contributed by atoms with E-state index in [9.17, 15) is 18.4 Å². The molecule has 0 aromatic carbocycles. The summed E-state index contributed by atoms with van der Waals surface area (Å²) in [6.07, 6.45) is -2.62. The first-order valence-electron chi connectivity index (χ1n) is 6.12. The van der Waals surface area contributed by atoms with Gasteiger partial charge in [0.15, 0.2) is 5.69 Å². The number of alkyl halides is 2. The number of rotatable bonds is 4. The molecule has 0 N–H and O–H groups in total. The van der Waals surface area contributed by atoms with Crippen LogP contribution in [0.5, 0.6) is 0 Å². The molecule has 1 atom stereocenters. The monoisotopic (exact) mass is 288 g/mol. The first kappa shape index (κ1) is 14.4. The van der Waals surface area contributed by atoms with Gasteiger partial charge in [-0.1, -0.05) is 5.21 Å². The van der Waals surface area contributed by atoms with E-state index in [0.717, 1.165) is 4.68 Å². The van der Waals surface area contributed by atoms with Crippen molar-refractivity contribution < 1.29 is 23.1 Å². The Bertz CT molecular complexity index is 532. The van der Waals surface area contributed by atoms with Crippen molar-refractivity contribution in [2.45, 2.75) is 25.8 Å². The fraction of sp³-hybridized carbons (Fsp3) is 0.636. The van der Waals surface area contributed by atoms with Crippen LogP contribution >= 0.6 is 0 Å². The van der Waals surface area contributed by atoms with Gasteiger partial charge in [0.25, 0.3) is 6.43 Å². The zero-order valence-corrected chi connectivity index (χ0v) is 11.0. The normalized spacial score (nSPS) is 18.9. The summed E-state index contributed by atoms with van der Waals surface area (Å²) in [7, 11) is 1.58. The molecule has 7 nitrogen and oxygen atoms in total. The summed E-state index contributed by atoms with van der Waals surface area (Å²) in [5, 5.41) is 6.99. The Morgan fingerprint density at radius 2 is 2.25 bits per heavy atom. The van der Waals surface area contributed by atoms with Crippen LogP contribution in [0.15, 0.2) is 0 Å². The predicted molar refractivity (Wildman–Crippen MR) is 62.2 cm³/mol. The first-order valence-corrected chi connectivity index (χ1v) is 6.12. The van der Waals surface area contributed by atoms with Crippen molar-refractivity contribution >= 4 is 11.9 Å². The summed E-state index contributed by atoms with van der Waals surface area (Å²) in [5.74, 6) is -1.29. The SMILES string of the molecule is CCOC(=O)c1nnn(C2CCN(C)C2=O)c1C(F)F. The summed E-state index contributed by atoms with van der Waals surface area (Å²) >= 11 is 0. The Hall–Kier alpha value is -2.06. The number of nitrogens with zero attached hydrogens (tertiary/aromatic N) is 4. The first-order chi connectivity index (χ1) is 9.47. The number of likely N-dealkylation sites (tertiary alicyclic amines) is 1. The molecule has 2 rings (SSSR count). The molecule has 0 radical (unpaired) electrons. The molecule has 0 saturated carbocycles. The van der Waals surface area contributed by atoms with Crippen LogP contribution in [0.1, 0.15) is 42.0 Å². The number of amides is 1. The number of likely N-dealkylation sites (N-methyl/N-ethyl adjacent to an activating group) is 1. The minimum atomic E-state index is -2.97. The highest BCUT2D eigenvalue weighted by molar-refractivity contribution is 5.89. The van der Waals surface area contributed by atoms with Gasteiger partial charge in [-0.25, -0.2) is 18.3 Å². The lowest BCUT2D eigenvalue weighted by atomic mass is 10.2. The van der Waals surface area contributed by atoms with Gasteiger partial charge in [-0.2, -0.15) is 0 Å². The smallest absolute Gasteiger partial charge is 0.361 e. The van der Waals surface area contributed by atoms with Crippen molar-refractivity contribution in [1.82, 2.24) is 19.9 Å². The summed E-state index contributed by atoms with van der Waals surface area (Å²) in [6.45, 7) is 2.04. The highest BCUT2D eigenvalue weighted by atomic mass is 19.3. The molecule has 1 fully saturated rings. The molecular formula is C11H14F2N4O3. The molecule has 9 heteroatoms. The summed E-state index contributed by atoms with van der Waals surface area (Å²) in [5.41, 5.74) is -1.21. The quantitative estimate of drug-likeness (QED) is 0.766. The minimum Gasteiger partial charge on any atom is -0.461 e. The lowest BCUT2D eigenvalue weighted by Crippen LogP contribution is -2.26. The lowest BCUT2D eigenvalue weighted by Gasteiger charge is -2.13. The van der Waals surface area contributed by atoms with Crippen LogP contribution in [0.4, 0.5) is 8.78 Å². The van der Waals surface area contributed by atoms with E-state index in [1.807, 2.05) is 0 Å². The van der Waals surface area contributed by atoms with Gasteiger partial charge >= 0.3 is 5.97 Å². The van der Waals surface area contributed by atoms with Gasteiger partial charge in [0.05, 0.1) is 6.61 Å². The fourth-order valence-electron chi connectivity index (χ4n) is 2.11. The number of hydrogen-bond donors (Lipinski definition) is 0. The van der Waals surface area contributed by atoms with E-state index in [4.69, 9.17) is 0 Å². The highest BCUT2D eigenvalue weighted by Crippen LogP contribution is 2.29. The zero-order valence-electron chi connectivity index (χ0n) is 11.0. The summed E-state index contributed by atoms with van der Waals surface area (Å²) in [6, 6.07) is -0.848. The van der Waals surface area contributed by atoms with E-state index in [1.54, 1.807) is 14.0 Å². The molecule has 1 aliphatic rings. The Morgan fingerprint density at radius 1 is 1.55 bits per heavy atom. The van der Waals surface area contributed by atoms with E-state index in [1.165, 1.54) is 4.90 Å². The maximum Gasteiger partial charge on any atom is 0.361 e. The van der Waals surface area contributed by atoms with Gasteiger partial charge in [-0.3, -0.25) is 4.79 Å². The van der Waals surface area contributed by atoms with E-state index in [0.29, 0.717) is 13.0 Å². The number of esters is 1. The van der Waals surface area contributed by atoms with Gasteiger partial charge in [0.2, 0.25) is 5.91 Å². The Kier molecular flexibility index (Phi) is 3.96. The molecule has 1 amide bonds. The maximum absolute atomic E-state index is 13.2. The third-order valence-corrected chi connectivity index (χ3v) is 3.10. The van der Waals surface area contributed by atoms with E-state index in [2.05, 4.69) is 15.0 Å². The Labute approximate surface area is 113 Å². The molecule has 1 saturated heterocycles. The van der Waals surface area contributed by atoms with Crippen LogP contribution in [0, 0.1) is 0 Å². The molecule has 110 valence electrons. The Morgan fingerprint density at radius 3 is 2.75 bits per heavy atom. The average molecular weight is 288 g/mol. The minimum absolute atomic E-state index is 0.0411. The number of carbonyl (C=O) groups is 2. The number of carbonyl (C=O) groups excluding carboxylic acids is 2. The number of hydrogen-bond acceptors (Lipinski definition) is 5. The third-order valence-electron chi connectivity index (χ3n) is 3.10. The molecule has 0 aliphatic carbocycles. The third kappa shape index (κ3) is 2.35. The second-order valence-electron chi connectivity index (χ2n) is 4.35. The van der Waals surface area contributed by atoms with Crippen LogP contribution in [0.25, 0.3) is 0 Å². The zero-order chi connectivity index (χ0) is 14.9. The Balaban J connectivity index is 2.40. The second-order valence-corrected chi connectivity index (χ2v) is 4.35. The van der Waals surface area contributed by atoms with Crippen LogP contribution < -0.4 is 0 Å². The molecule has 1 unspecified atom stereocenters. The summed E-state index contributed by atoms with van der Waals surface area (Å²) in [4.78, 5) is 24.9. The van der Waals surface area contributed by atoms with Crippen molar-refractivity contribution in [2.75, 3.05) is 20.2 Å². The number of aromatic nitrogens is 3. The standard InChI is InChI=1S/C11H14F2N4O3/c1-3-20-11(19)7-8(9(12)13)17(15-14-7)6-4-5-16(2)10(6)18/h6,9H,3-5H2,1-2H3. The van der Waals surface area contributed by atoms with Crippen molar-refractivity contribution in [1.29, 1.82) is 0 Å². The number of ether oxygens (including phenoxy) is 1. The van der Waals surface area contributed by atoms with E-state index < -0.39 is 29.8 Å². The van der Waals surface area contributed by atoms with Crippen LogP contribution in [-0.2, 0) is 9.53 Å². The molecule has 0 spiro atoms. The second kappa shape index (κ2) is 5.51. The molecule has 1 aliphatic heterocycles. The van der Waals surface area contributed by atoms with Gasteiger partial charge in [0, 0.05) is 13.6 Å². The van der Waals surface area contributed by atoms with Gasteiger partial charge in [0.1, 0.15) is 11.7 Å².